The average Bonchev–Trinajstić information content (AvgIpc) is 3.59. The van der Waals surface area contributed by atoms with Crippen LogP contribution in [0.2, 0.25) is 0 Å². The molecule has 3 aromatic carbocycles. The zero-order chi connectivity index (χ0) is 30.1. The largest absolute Gasteiger partial charge is 0.489 e. The van der Waals surface area contributed by atoms with Crippen LogP contribution in [0.15, 0.2) is 87.8 Å². The predicted octanol–water partition coefficient (Wildman–Crippen LogP) is 3.91. The monoisotopic (exact) mass is 600 g/mol. The van der Waals surface area contributed by atoms with Crippen LogP contribution in [0, 0.1) is 4.91 Å². The Morgan fingerprint density at radius 1 is 1.14 bits per heavy atom. The number of nitrogens with zero attached hydrogens (tertiary/aromatic N) is 3. The van der Waals surface area contributed by atoms with E-state index in [0.717, 1.165) is 11.1 Å². The quantitative estimate of drug-likeness (QED) is 0.238. The van der Waals surface area contributed by atoms with E-state index >= 15 is 0 Å². The first kappa shape index (κ1) is 27.9. The number of hydrogen-bond acceptors (Lipinski definition) is 9. The van der Waals surface area contributed by atoms with Gasteiger partial charge in [0.15, 0.2) is 16.3 Å². The van der Waals surface area contributed by atoms with Gasteiger partial charge in [0.1, 0.15) is 12.4 Å². The molecule has 0 amide bonds. The summed E-state index contributed by atoms with van der Waals surface area (Å²) in [4.78, 5) is 42.9. The van der Waals surface area contributed by atoms with Crippen molar-refractivity contribution in [3.05, 3.63) is 119 Å². The first-order valence-electron chi connectivity index (χ1n) is 13.4. The minimum atomic E-state index is -0.771. The predicted molar refractivity (Wildman–Crippen MR) is 155 cm³/mol. The fourth-order valence-electron chi connectivity index (χ4n) is 4.92. The summed E-state index contributed by atoms with van der Waals surface area (Å²) in [6, 6.07) is 18.2. The van der Waals surface area contributed by atoms with Crippen molar-refractivity contribution in [2.75, 3.05) is 13.4 Å². The second-order valence-electron chi connectivity index (χ2n) is 9.72. The van der Waals surface area contributed by atoms with E-state index in [-0.39, 0.29) is 41.7 Å². The zero-order valence-electron chi connectivity index (χ0n) is 23.2. The first-order chi connectivity index (χ1) is 20.8. The van der Waals surface area contributed by atoms with Crippen molar-refractivity contribution in [1.29, 1.82) is 0 Å². The molecule has 1 N–H and O–H groups in total. The van der Waals surface area contributed by atoms with Crippen LogP contribution >= 0.6 is 11.3 Å². The van der Waals surface area contributed by atoms with E-state index < -0.39 is 12.0 Å². The average molecular weight is 601 g/mol. The third-order valence-corrected chi connectivity index (χ3v) is 7.93. The second-order valence-corrected chi connectivity index (χ2v) is 10.7. The number of hydrogen-bond donors (Lipinski definition) is 1. The van der Waals surface area contributed by atoms with Crippen LogP contribution in [-0.2, 0) is 16.1 Å². The molecule has 4 aromatic rings. The topological polar surface area (TPSA) is 129 Å². The highest BCUT2D eigenvalue weighted by atomic mass is 32.1. The van der Waals surface area contributed by atoms with Gasteiger partial charge in [-0.3, -0.25) is 9.36 Å². The van der Waals surface area contributed by atoms with E-state index in [1.54, 1.807) is 50.3 Å². The number of allylic oxidation sites excluding steroid dienone is 1. The van der Waals surface area contributed by atoms with Crippen molar-refractivity contribution >= 4 is 29.1 Å². The Bertz CT molecular complexity index is 1960. The standard InChI is InChI=1S/C31H26N3O8S/c1-3-39-30(36)27-18(2)32-31-33(28(27)21-9-12-24-25(15-21)42-17-41-24)29(35)26(43-31)14-20-5-4-6-23(13-20)40-16-19-7-10-22(11-8-19)34(37)38/h4-15,28H,3,16-17H2,1-2H3,(H,37,38)/q+1/b26-14-. The molecule has 0 radical (unpaired) electrons. The van der Waals surface area contributed by atoms with Crippen LogP contribution in [0.5, 0.6) is 17.2 Å². The van der Waals surface area contributed by atoms with Crippen molar-refractivity contribution in [2.45, 2.75) is 26.5 Å². The minimum Gasteiger partial charge on any atom is -0.489 e. The van der Waals surface area contributed by atoms with Gasteiger partial charge in [-0.2, -0.15) is 0 Å². The van der Waals surface area contributed by atoms with E-state index in [1.807, 2.05) is 24.3 Å². The Morgan fingerprint density at radius 2 is 1.93 bits per heavy atom. The smallest absolute Gasteiger partial charge is 0.338 e. The van der Waals surface area contributed by atoms with Gasteiger partial charge in [-0.05, 0) is 73.0 Å². The summed E-state index contributed by atoms with van der Waals surface area (Å²) in [5.41, 5.74) is 2.78. The Balaban J connectivity index is 1.35. The fraction of sp³-hybridized carbons (Fsp3) is 0.194. The van der Waals surface area contributed by atoms with Crippen LogP contribution in [0.1, 0.15) is 36.6 Å². The van der Waals surface area contributed by atoms with Gasteiger partial charge in [-0.15, -0.1) is 0 Å². The third kappa shape index (κ3) is 5.52. The fourth-order valence-corrected chi connectivity index (χ4v) is 5.97. The molecule has 43 heavy (non-hydrogen) atoms. The van der Waals surface area contributed by atoms with Gasteiger partial charge in [0, 0.05) is 12.1 Å². The molecular weight excluding hydrogens is 574 g/mol. The van der Waals surface area contributed by atoms with Gasteiger partial charge >= 0.3 is 11.7 Å². The van der Waals surface area contributed by atoms with Crippen LogP contribution in [0.25, 0.3) is 6.08 Å². The maximum absolute atomic E-state index is 13.9. The normalized spacial score (nSPS) is 15.6. The maximum Gasteiger partial charge on any atom is 0.338 e. The van der Waals surface area contributed by atoms with E-state index in [9.17, 15) is 14.5 Å². The third-order valence-electron chi connectivity index (χ3n) is 6.95. The molecule has 1 atom stereocenters. The van der Waals surface area contributed by atoms with Crippen molar-refractivity contribution < 1.29 is 33.9 Å². The van der Waals surface area contributed by atoms with Gasteiger partial charge in [-0.1, -0.05) is 29.5 Å². The highest BCUT2D eigenvalue weighted by Gasteiger charge is 2.34. The van der Waals surface area contributed by atoms with E-state index in [0.29, 0.717) is 37.8 Å². The summed E-state index contributed by atoms with van der Waals surface area (Å²) >= 11 is 1.23. The molecule has 0 aliphatic carbocycles. The molecule has 0 fully saturated rings. The lowest BCUT2D eigenvalue weighted by molar-refractivity contribution is -0.729. The van der Waals surface area contributed by atoms with Gasteiger partial charge < -0.3 is 18.9 Å². The number of carbonyl (C=O) groups excluding carboxylic acids is 1. The van der Waals surface area contributed by atoms with Crippen molar-refractivity contribution in [2.24, 2.45) is 4.99 Å². The molecule has 11 nitrogen and oxygen atoms in total. The number of esters is 1. The Kier molecular flexibility index (Phi) is 7.51. The van der Waals surface area contributed by atoms with Gasteiger partial charge in [0.25, 0.3) is 10.5 Å². The lowest BCUT2D eigenvalue weighted by Crippen LogP contribution is -2.39. The van der Waals surface area contributed by atoms with Crippen LogP contribution in [-0.4, -0.2) is 34.1 Å². The SMILES string of the molecule is CCOC(=O)C1=C(C)N=c2s/c(=C\c3cccc(OCc4ccc([N+](=O)O)cc4)c3)c(=O)n2C1c1ccc2c(c1)OCO2. The number of thiazole rings is 1. The summed E-state index contributed by atoms with van der Waals surface area (Å²) in [5, 5.41) is 9.01. The summed E-state index contributed by atoms with van der Waals surface area (Å²) < 4.78 is 24.3. The van der Waals surface area contributed by atoms with Gasteiger partial charge in [0.2, 0.25) is 6.79 Å². The molecular formula is C31H26N3O8S+. The summed E-state index contributed by atoms with van der Waals surface area (Å²) in [6.07, 6.45) is 1.76. The van der Waals surface area contributed by atoms with Crippen molar-refractivity contribution in [3.63, 3.8) is 0 Å². The van der Waals surface area contributed by atoms with Crippen molar-refractivity contribution in [1.82, 2.24) is 4.57 Å². The number of rotatable bonds is 8. The molecule has 6 rings (SSSR count). The first-order valence-corrected chi connectivity index (χ1v) is 14.2. The van der Waals surface area contributed by atoms with Gasteiger partial charge in [0.05, 0.1) is 33.4 Å². The molecule has 218 valence electrons. The van der Waals surface area contributed by atoms with E-state index in [1.165, 1.54) is 28.0 Å². The molecule has 0 spiro atoms. The molecule has 1 unspecified atom stereocenters. The number of ether oxygens (including phenoxy) is 4. The molecule has 12 heteroatoms. The van der Waals surface area contributed by atoms with Crippen molar-refractivity contribution in [3.8, 4) is 17.2 Å². The highest BCUT2D eigenvalue weighted by molar-refractivity contribution is 7.07. The Labute approximate surface area is 248 Å². The molecule has 2 aliphatic rings. The molecule has 2 aliphatic heterocycles. The van der Waals surface area contributed by atoms with E-state index in [4.69, 9.17) is 24.2 Å². The number of fused-ring (bicyclic) bond motifs is 2. The number of aromatic nitrogens is 1. The van der Waals surface area contributed by atoms with Crippen LogP contribution in [0.4, 0.5) is 5.69 Å². The number of carbonyl (C=O) groups is 1. The van der Waals surface area contributed by atoms with Crippen LogP contribution < -0.4 is 29.1 Å². The second kappa shape index (κ2) is 11.6. The molecule has 1 aromatic heterocycles. The summed E-state index contributed by atoms with van der Waals surface area (Å²) in [7, 11) is 0. The number of benzene rings is 3. The summed E-state index contributed by atoms with van der Waals surface area (Å²) in [5.74, 6) is 1.16. The lowest BCUT2D eigenvalue weighted by Gasteiger charge is -2.24. The molecule has 0 bridgehead atoms. The zero-order valence-corrected chi connectivity index (χ0v) is 24.0. The Hall–Kier alpha value is -5.23. The van der Waals surface area contributed by atoms with E-state index in [2.05, 4.69) is 4.99 Å². The maximum atomic E-state index is 13.9. The minimum absolute atomic E-state index is 0.0973. The van der Waals surface area contributed by atoms with Gasteiger partial charge in [-0.25, -0.2) is 15.0 Å². The molecule has 0 saturated carbocycles. The Morgan fingerprint density at radius 3 is 2.70 bits per heavy atom. The molecule has 0 saturated heterocycles. The lowest BCUT2D eigenvalue weighted by atomic mass is 9.95. The molecule has 3 heterocycles. The van der Waals surface area contributed by atoms with Crippen LogP contribution in [0.3, 0.4) is 0 Å². The highest BCUT2D eigenvalue weighted by Crippen LogP contribution is 2.38. The summed E-state index contributed by atoms with van der Waals surface area (Å²) in [6.45, 7) is 3.98.